The number of benzene rings is 2. The highest BCUT2D eigenvalue weighted by atomic mass is 19.1. The molecule has 1 N–H and O–H groups in total. The summed E-state index contributed by atoms with van der Waals surface area (Å²) in [5.41, 5.74) is 2.20. The first kappa shape index (κ1) is 17.7. The highest BCUT2D eigenvalue weighted by Crippen LogP contribution is 2.13. The highest BCUT2D eigenvalue weighted by Gasteiger charge is 2.15. The molecule has 0 aliphatic rings. The Balaban J connectivity index is 1.96. The molecule has 24 heavy (non-hydrogen) atoms. The minimum absolute atomic E-state index is 0.0574. The van der Waals surface area contributed by atoms with Gasteiger partial charge in [-0.25, -0.2) is 4.39 Å². The van der Waals surface area contributed by atoms with Crippen molar-refractivity contribution in [2.45, 2.75) is 20.3 Å². The van der Waals surface area contributed by atoms with Crippen molar-refractivity contribution < 1.29 is 14.0 Å². The van der Waals surface area contributed by atoms with E-state index < -0.39 is 0 Å². The third-order valence-corrected chi connectivity index (χ3v) is 3.81. The fourth-order valence-electron chi connectivity index (χ4n) is 2.38. The van der Waals surface area contributed by atoms with Crippen molar-refractivity contribution in [3.63, 3.8) is 0 Å². The fraction of sp³-hybridized carbons (Fsp3) is 0.263. The molecule has 0 unspecified atom stereocenters. The number of hydrogen-bond acceptors (Lipinski definition) is 2. The molecule has 0 radical (unpaired) electrons. The lowest BCUT2D eigenvalue weighted by atomic mass is 10.1. The highest BCUT2D eigenvalue weighted by molar-refractivity contribution is 5.94. The summed E-state index contributed by atoms with van der Waals surface area (Å²) in [6.07, 6.45) is 0.365. The third-order valence-electron chi connectivity index (χ3n) is 3.81. The molecule has 0 spiro atoms. The monoisotopic (exact) mass is 328 g/mol. The summed E-state index contributed by atoms with van der Waals surface area (Å²) in [6.45, 7) is 3.54. The van der Waals surface area contributed by atoms with Crippen LogP contribution in [0.15, 0.2) is 48.5 Å². The second-order valence-electron chi connectivity index (χ2n) is 5.65. The van der Waals surface area contributed by atoms with Crippen LogP contribution in [-0.4, -0.2) is 29.8 Å². The van der Waals surface area contributed by atoms with E-state index in [-0.39, 0.29) is 30.7 Å². The number of amides is 2. The summed E-state index contributed by atoms with van der Waals surface area (Å²) < 4.78 is 13.7. The maximum atomic E-state index is 13.7. The number of anilines is 1. The minimum atomic E-state index is -0.301. The van der Waals surface area contributed by atoms with Crippen LogP contribution in [0.3, 0.4) is 0 Å². The van der Waals surface area contributed by atoms with Gasteiger partial charge in [0.15, 0.2) is 0 Å². The molecule has 0 atom stereocenters. The first-order valence-corrected chi connectivity index (χ1v) is 7.82. The van der Waals surface area contributed by atoms with Crippen molar-refractivity contribution in [3.05, 3.63) is 65.5 Å². The first-order chi connectivity index (χ1) is 11.5. The fourth-order valence-corrected chi connectivity index (χ4v) is 2.38. The van der Waals surface area contributed by atoms with Gasteiger partial charge in [0.25, 0.3) is 0 Å². The zero-order valence-electron chi connectivity index (χ0n) is 13.9. The lowest BCUT2D eigenvalue weighted by Crippen LogP contribution is -2.38. The van der Waals surface area contributed by atoms with Crippen molar-refractivity contribution in [1.29, 1.82) is 0 Å². The second kappa shape index (κ2) is 8.24. The van der Waals surface area contributed by atoms with Gasteiger partial charge in [0.1, 0.15) is 5.82 Å². The Morgan fingerprint density at radius 1 is 1.08 bits per heavy atom. The van der Waals surface area contributed by atoms with E-state index in [0.29, 0.717) is 12.0 Å². The van der Waals surface area contributed by atoms with Gasteiger partial charge in [0.05, 0.1) is 6.54 Å². The summed E-state index contributed by atoms with van der Waals surface area (Å²) in [6, 6.07) is 13.9. The van der Waals surface area contributed by atoms with E-state index in [1.165, 1.54) is 17.9 Å². The molecule has 2 rings (SSSR count). The Hall–Kier alpha value is -2.69. The zero-order chi connectivity index (χ0) is 17.5. The molecule has 0 heterocycles. The third kappa shape index (κ3) is 4.91. The summed E-state index contributed by atoms with van der Waals surface area (Å²) >= 11 is 0. The number of nitrogens with one attached hydrogen (secondary N) is 1. The predicted octanol–water partition coefficient (Wildman–Crippen LogP) is 3.16. The van der Waals surface area contributed by atoms with E-state index in [9.17, 15) is 14.0 Å². The molecule has 0 aromatic heterocycles. The Bertz CT molecular complexity index is 731. The van der Waals surface area contributed by atoms with Crippen molar-refractivity contribution >= 4 is 17.5 Å². The average molecular weight is 328 g/mol. The summed E-state index contributed by atoms with van der Waals surface area (Å²) in [7, 11) is 0. The maximum Gasteiger partial charge on any atom is 0.244 e. The molecule has 2 aromatic carbocycles. The van der Waals surface area contributed by atoms with E-state index in [1.54, 1.807) is 18.2 Å². The molecular weight excluding hydrogens is 307 g/mol. The number of carbonyl (C=O) groups excluding carboxylic acids is 2. The largest absolute Gasteiger partial charge is 0.333 e. The normalized spacial score (nSPS) is 10.3. The SMILES string of the molecule is CC(=O)N(CCc1ccccc1F)CC(=O)Nc1ccccc1C. The second-order valence-corrected chi connectivity index (χ2v) is 5.65. The average Bonchev–Trinajstić information content (AvgIpc) is 2.54. The van der Waals surface area contributed by atoms with Crippen LogP contribution in [0, 0.1) is 12.7 Å². The molecule has 0 fully saturated rings. The Labute approximate surface area is 141 Å². The number of rotatable bonds is 6. The standard InChI is InChI=1S/C19H21FN2O2/c1-14-7-3-6-10-18(14)21-19(24)13-22(15(2)23)12-11-16-8-4-5-9-17(16)20/h3-10H,11-13H2,1-2H3,(H,21,24). The predicted molar refractivity (Wildman–Crippen MR) is 92.2 cm³/mol. The van der Waals surface area contributed by atoms with Crippen LogP contribution >= 0.6 is 0 Å². The quantitative estimate of drug-likeness (QED) is 0.885. The molecule has 2 amide bonds. The number of hydrogen-bond donors (Lipinski definition) is 1. The van der Waals surface area contributed by atoms with E-state index in [4.69, 9.17) is 0 Å². The zero-order valence-corrected chi connectivity index (χ0v) is 13.9. The van der Waals surface area contributed by atoms with Crippen molar-refractivity contribution in [1.82, 2.24) is 4.90 Å². The maximum absolute atomic E-state index is 13.7. The number of nitrogens with zero attached hydrogens (tertiary/aromatic N) is 1. The van der Waals surface area contributed by atoms with Gasteiger partial charge in [-0.3, -0.25) is 9.59 Å². The van der Waals surface area contributed by atoms with Gasteiger partial charge in [-0.2, -0.15) is 0 Å². The molecule has 5 heteroatoms. The minimum Gasteiger partial charge on any atom is -0.333 e. The Kier molecular flexibility index (Phi) is 6.07. The van der Waals surface area contributed by atoms with Crippen molar-refractivity contribution in [2.24, 2.45) is 0 Å². The van der Waals surface area contributed by atoms with Crippen LogP contribution in [-0.2, 0) is 16.0 Å². The Morgan fingerprint density at radius 3 is 2.42 bits per heavy atom. The van der Waals surface area contributed by atoms with Crippen LogP contribution in [0.5, 0.6) is 0 Å². The van der Waals surface area contributed by atoms with Gasteiger partial charge in [-0.05, 0) is 36.6 Å². The van der Waals surface area contributed by atoms with Gasteiger partial charge < -0.3 is 10.2 Å². The lowest BCUT2D eigenvalue weighted by Gasteiger charge is -2.21. The molecular formula is C19H21FN2O2. The van der Waals surface area contributed by atoms with E-state index in [0.717, 1.165) is 11.3 Å². The van der Waals surface area contributed by atoms with Crippen LogP contribution in [0.1, 0.15) is 18.1 Å². The molecule has 0 aliphatic carbocycles. The summed E-state index contributed by atoms with van der Waals surface area (Å²) in [5, 5.41) is 2.80. The van der Waals surface area contributed by atoms with Gasteiger partial charge in [-0.1, -0.05) is 36.4 Å². The number of carbonyl (C=O) groups is 2. The molecule has 0 aliphatic heterocycles. The van der Waals surface area contributed by atoms with Crippen LogP contribution in [0.25, 0.3) is 0 Å². The van der Waals surface area contributed by atoms with Crippen LogP contribution in [0.4, 0.5) is 10.1 Å². The number of halogens is 1. The summed E-state index contributed by atoms with van der Waals surface area (Å²) in [4.78, 5) is 25.4. The van der Waals surface area contributed by atoms with Gasteiger partial charge in [0.2, 0.25) is 11.8 Å². The molecule has 0 saturated carbocycles. The summed E-state index contributed by atoms with van der Waals surface area (Å²) in [5.74, 6) is -0.787. The number of aryl methyl sites for hydroxylation is 1. The van der Waals surface area contributed by atoms with E-state index >= 15 is 0 Å². The molecule has 4 nitrogen and oxygen atoms in total. The molecule has 0 bridgehead atoms. The van der Waals surface area contributed by atoms with E-state index in [1.807, 2.05) is 31.2 Å². The molecule has 126 valence electrons. The lowest BCUT2D eigenvalue weighted by molar-refractivity contribution is -0.132. The van der Waals surface area contributed by atoms with Crippen molar-refractivity contribution in [3.8, 4) is 0 Å². The van der Waals surface area contributed by atoms with E-state index in [2.05, 4.69) is 5.32 Å². The van der Waals surface area contributed by atoms with Gasteiger partial charge >= 0.3 is 0 Å². The van der Waals surface area contributed by atoms with Gasteiger partial charge in [0, 0.05) is 19.2 Å². The van der Waals surface area contributed by atoms with Crippen molar-refractivity contribution in [2.75, 3.05) is 18.4 Å². The Morgan fingerprint density at radius 2 is 1.75 bits per heavy atom. The molecule has 2 aromatic rings. The van der Waals surface area contributed by atoms with Gasteiger partial charge in [-0.15, -0.1) is 0 Å². The topological polar surface area (TPSA) is 49.4 Å². The van der Waals surface area contributed by atoms with Crippen LogP contribution < -0.4 is 5.32 Å². The van der Waals surface area contributed by atoms with Crippen LogP contribution in [0.2, 0.25) is 0 Å². The number of para-hydroxylation sites is 1. The smallest absolute Gasteiger partial charge is 0.244 e. The molecule has 0 saturated heterocycles. The first-order valence-electron chi connectivity index (χ1n) is 7.82.